The van der Waals surface area contributed by atoms with E-state index in [1.807, 2.05) is 4.90 Å². The predicted molar refractivity (Wildman–Crippen MR) is 101 cm³/mol. The Morgan fingerprint density at radius 3 is 2.56 bits per heavy atom. The number of aromatic nitrogens is 1. The van der Waals surface area contributed by atoms with E-state index in [0.29, 0.717) is 17.4 Å². The molecule has 0 radical (unpaired) electrons. The number of likely N-dealkylation sites (tertiary alicyclic amines) is 1. The molecule has 2 saturated carbocycles. The van der Waals surface area contributed by atoms with Crippen LogP contribution in [0.15, 0.2) is 24.5 Å². The Hall–Kier alpha value is -1.95. The zero-order valence-corrected chi connectivity index (χ0v) is 16.1. The van der Waals surface area contributed by atoms with Crippen LogP contribution in [0.3, 0.4) is 0 Å². The number of pyridine rings is 1. The average molecular weight is 371 g/mol. The molecule has 0 unspecified atom stereocenters. The normalized spacial score (nSPS) is 23.4. The van der Waals surface area contributed by atoms with Crippen LogP contribution in [0.4, 0.5) is 0 Å². The number of nitrogens with one attached hydrogen (secondary N) is 1. The van der Waals surface area contributed by atoms with Gasteiger partial charge in [0.2, 0.25) is 5.91 Å². The Bertz CT molecular complexity index is 680. The molecule has 2 amide bonds. The van der Waals surface area contributed by atoms with Crippen LogP contribution < -0.4 is 5.32 Å². The fourth-order valence-corrected chi connectivity index (χ4v) is 4.90. The first-order chi connectivity index (χ1) is 13.0. The highest BCUT2D eigenvalue weighted by molar-refractivity contribution is 5.94. The number of nitrogens with zero attached hydrogens (tertiary/aromatic N) is 2. The molecule has 146 valence electrons. The first kappa shape index (κ1) is 18.4. The monoisotopic (exact) mass is 371 g/mol. The third-order valence-electron chi connectivity index (χ3n) is 6.97. The number of methoxy groups -OCH3 is 1. The van der Waals surface area contributed by atoms with E-state index in [0.717, 1.165) is 58.0 Å². The van der Waals surface area contributed by atoms with Gasteiger partial charge < -0.3 is 15.0 Å². The van der Waals surface area contributed by atoms with Crippen molar-refractivity contribution in [1.82, 2.24) is 15.2 Å². The van der Waals surface area contributed by atoms with E-state index < -0.39 is 0 Å². The maximum atomic E-state index is 12.6. The van der Waals surface area contributed by atoms with E-state index in [9.17, 15) is 9.59 Å². The van der Waals surface area contributed by atoms with Crippen molar-refractivity contribution < 1.29 is 14.3 Å². The number of rotatable bonds is 5. The average Bonchev–Trinajstić information content (AvgIpc) is 2.64. The van der Waals surface area contributed by atoms with Crippen molar-refractivity contribution >= 4 is 11.8 Å². The highest BCUT2D eigenvalue weighted by atomic mass is 16.5. The Kier molecular flexibility index (Phi) is 4.93. The second-order valence-electron chi connectivity index (χ2n) is 8.62. The lowest BCUT2D eigenvalue weighted by molar-refractivity contribution is -0.147. The van der Waals surface area contributed by atoms with Gasteiger partial charge in [0.15, 0.2) is 0 Å². The summed E-state index contributed by atoms with van der Waals surface area (Å²) in [5.41, 5.74) is 0.727. The topological polar surface area (TPSA) is 71.5 Å². The van der Waals surface area contributed by atoms with Crippen molar-refractivity contribution in [3.8, 4) is 0 Å². The molecule has 1 aromatic rings. The van der Waals surface area contributed by atoms with Gasteiger partial charge in [-0.15, -0.1) is 0 Å². The summed E-state index contributed by atoms with van der Waals surface area (Å²) < 4.78 is 5.60. The molecule has 27 heavy (non-hydrogen) atoms. The van der Waals surface area contributed by atoms with Gasteiger partial charge in [-0.3, -0.25) is 14.6 Å². The van der Waals surface area contributed by atoms with Gasteiger partial charge in [-0.25, -0.2) is 0 Å². The summed E-state index contributed by atoms with van der Waals surface area (Å²) in [6, 6.07) is 3.81. The number of ether oxygens (including phenoxy) is 1. The molecule has 1 N–H and O–H groups in total. The van der Waals surface area contributed by atoms with E-state index in [1.54, 1.807) is 31.6 Å². The second kappa shape index (κ2) is 7.23. The van der Waals surface area contributed by atoms with Gasteiger partial charge in [0, 0.05) is 38.6 Å². The summed E-state index contributed by atoms with van der Waals surface area (Å²) in [5, 5.41) is 3.12. The van der Waals surface area contributed by atoms with E-state index in [-0.39, 0.29) is 23.5 Å². The van der Waals surface area contributed by atoms with Crippen LogP contribution in [0.5, 0.6) is 0 Å². The standard InChI is InChI=1S/C21H29N3O3/c1-27-21(5-3-6-21)14-18(25)24-10-7-20(8-11-24)12-17(13-20)23-19(26)16-4-2-9-22-15-16/h2,4,9,15,17H,3,5-8,10-14H2,1H3,(H,23,26). The number of amides is 2. The third-order valence-corrected chi connectivity index (χ3v) is 6.97. The van der Waals surface area contributed by atoms with Crippen LogP contribution in [0.25, 0.3) is 0 Å². The summed E-state index contributed by atoms with van der Waals surface area (Å²) in [5.74, 6) is 0.202. The maximum absolute atomic E-state index is 12.6. The minimum absolute atomic E-state index is 0.0408. The lowest BCUT2D eigenvalue weighted by atomic mass is 9.60. The van der Waals surface area contributed by atoms with Crippen LogP contribution in [-0.2, 0) is 9.53 Å². The van der Waals surface area contributed by atoms with Gasteiger partial charge in [0.1, 0.15) is 0 Å². The molecular weight excluding hydrogens is 342 g/mol. The van der Waals surface area contributed by atoms with E-state index in [2.05, 4.69) is 10.3 Å². The van der Waals surface area contributed by atoms with Gasteiger partial charge in [0.25, 0.3) is 5.91 Å². The van der Waals surface area contributed by atoms with Gasteiger partial charge in [-0.05, 0) is 62.5 Å². The van der Waals surface area contributed by atoms with E-state index in [4.69, 9.17) is 4.74 Å². The molecule has 1 aromatic heterocycles. The van der Waals surface area contributed by atoms with Gasteiger partial charge in [-0.2, -0.15) is 0 Å². The van der Waals surface area contributed by atoms with E-state index >= 15 is 0 Å². The quantitative estimate of drug-likeness (QED) is 0.863. The van der Waals surface area contributed by atoms with Gasteiger partial charge in [-0.1, -0.05) is 0 Å². The highest BCUT2D eigenvalue weighted by Gasteiger charge is 2.47. The molecule has 6 heteroatoms. The SMILES string of the molecule is COC1(CC(=O)N2CCC3(CC2)CC(NC(=O)c2cccnc2)C3)CCC1. The van der Waals surface area contributed by atoms with Gasteiger partial charge in [0.05, 0.1) is 17.6 Å². The molecule has 2 heterocycles. The summed E-state index contributed by atoms with van der Waals surface area (Å²) in [6.45, 7) is 1.67. The molecule has 4 rings (SSSR count). The number of carbonyl (C=O) groups is 2. The molecular formula is C21H29N3O3. The molecule has 1 aliphatic heterocycles. The number of hydrogen-bond acceptors (Lipinski definition) is 4. The Balaban J connectivity index is 1.22. The summed E-state index contributed by atoms with van der Waals surface area (Å²) in [6.07, 6.45) is 11.1. The minimum Gasteiger partial charge on any atom is -0.378 e. The van der Waals surface area contributed by atoms with Crippen LogP contribution in [-0.4, -0.2) is 53.5 Å². The first-order valence-electron chi connectivity index (χ1n) is 10.1. The van der Waals surface area contributed by atoms with Crippen molar-refractivity contribution in [3.05, 3.63) is 30.1 Å². The molecule has 3 aliphatic rings. The van der Waals surface area contributed by atoms with Crippen LogP contribution in [0.2, 0.25) is 0 Å². The zero-order chi connectivity index (χ0) is 18.9. The fourth-order valence-electron chi connectivity index (χ4n) is 4.90. The Labute approximate surface area is 160 Å². The summed E-state index contributed by atoms with van der Waals surface area (Å²) in [4.78, 5) is 30.9. The summed E-state index contributed by atoms with van der Waals surface area (Å²) in [7, 11) is 1.73. The number of carbonyl (C=O) groups excluding carboxylic acids is 2. The van der Waals surface area contributed by atoms with Crippen LogP contribution in [0, 0.1) is 5.41 Å². The molecule has 0 bridgehead atoms. The molecule has 6 nitrogen and oxygen atoms in total. The third kappa shape index (κ3) is 3.72. The largest absolute Gasteiger partial charge is 0.378 e. The van der Waals surface area contributed by atoms with Crippen LogP contribution >= 0.6 is 0 Å². The predicted octanol–water partition coefficient (Wildman–Crippen LogP) is 2.54. The molecule has 3 fully saturated rings. The van der Waals surface area contributed by atoms with E-state index in [1.165, 1.54) is 0 Å². The zero-order valence-electron chi connectivity index (χ0n) is 16.1. The van der Waals surface area contributed by atoms with Crippen molar-refractivity contribution in [1.29, 1.82) is 0 Å². The second-order valence-corrected chi connectivity index (χ2v) is 8.62. The molecule has 1 spiro atoms. The fraction of sp³-hybridized carbons (Fsp3) is 0.667. The van der Waals surface area contributed by atoms with Gasteiger partial charge >= 0.3 is 0 Å². The molecule has 0 atom stereocenters. The van der Waals surface area contributed by atoms with Crippen molar-refractivity contribution in [2.45, 2.75) is 63.0 Å². The molecule has 0 aromatic carbocycles. The number of piperidine rings is 1. The Morgan fingerprint density at radius 2 is 2.00 bits per heavy atom. The van der Waals surface area contributed by atoms with Crippen LogP contribution in [0.1, 0.15) is 61.7 Å². The molecule has 2 aliphatic carbocycles. The lowest BCUT2D eigenvalue weighted by Crippen LogP contribution is -2.56. The van der Waals surface area contributed by atoms with Crippen molar-refractivity contribution in [2.75, 3.05) is 20.2 Å². The van der Waals surface area contributed by atoms with Crippen molar-refractivity contribution in [2.24, 2.45) is 5.41 Å². The first-order valence-corrected chi connectivity index (χ1v) is 10.1. The molecule has 1 saturated heterocycles. The minimum atomic E-state index is -0.190. The smallest absolute Gasteiger partial charge is 0.253 e. The highest BCUT2D eigenvalue weighted by Crippen LogP contribution is 2.49. The Morgan fingerprint density at radius 1 is 1.26 bits per heavy atom. The summed E-state index contributed by atoms with van der Waals surface area (Å²) >= 11 is 0. The lowest BCUT2D eigenvalue weighted by Gasteiger charge is -2.52. The van der Waals surface area contributed by atoms with Crippen molar-refractivity contribution in [3.63, 3.8) is 0 Å². The maximum Gasteiger partial charge on any atom is 0.253 e. The number of hydrogen-bond donors (Lipinski definition) is 1.